The minimum atomic E-state index is -0.238. The van der Waals surface area contributed by atoms with Crippen molar-refractivity contribution < 1.29 is 9.90 Å². The van der Waals surface area contributed by atoms with Crippen LogP contribution in [0, 0.1) is 5.92 Å². The lowest BCUT2D eigenvalue weighted by Crippen LogP contribution is -2.43. The van der Waals surface area contributed by atoms with Gasteiger partial charge in [-0.3, -0.25) is 4.90 Å². The van der Waals surface area contributed by atoms with Gasteiger partial charge in [-0.2, -0.15) is 4.99 Å². The number of aliphatic hydroxyl groups excluding tert-OH is 1. The number of hydrogen-bond acceptors (Lipinski definition) is 3. The van der Waals surface area contributed by atoms with E-state index in [1.165, 1.54) is 0 Å². The van der Waals surface area contributed by atoms with Crippen molar-refractivity contribution in [2.75, 3.05) is 31.1 Å². The number of likely N-dealkylation sites (tertiary alicyclic amines) is 1. The summed E-state index contributed by atoms with van der Waals surface area (Å²) < 4.78 is 0. The molecule has 3 rings (SSSR count). The highest BCUT2D eigenvalue weighted by Crippen LogP contribution is 2.24. The number of halogens is 1. The highest BCUT2D eigenvalue weighted by molar-refractivity contribution is 6.30. The molecule has 1 aromatic rings. The number of nitrogens with zero attached hydrogens (tertiary/aromatic N) is 3. The molecule has 1 unspecified atom stereocenters. The molecule has 0 aliphatic carbocycles. The number of rotatable bonds is 2. The van der Waals surface area contributed by atoms with E-state index >= 15 is 0 Å². The molecule has 0 radical (unpaired) electrons. The maximum absolute atomic E-state index is 12.1. The summed E-state index contributed by atoms with van der Waals surface area (Å²) >= 11 is 5.87. The van der Waals surface area contributed by atoms with Crippen molar-refractivity contribution in [2.45, 2.75) is 12.8 Å². The fraction of sp³-hybridized carbons (Fsp3) is 0.467. The fourth-order valence-electron chi connectivity index (χ4n) is 2.86. The molecule has 0 bridgehead atoms. The maximum Gasteiger partial charge on any atom is 0.350 e. The summed E-state index contributed by atoms with van der Waals surface area (Å²) in [6, 6.07) is 6.95. The van der Waals surface area contributed by atoms with E-state index in [2.05, 4.69) is 9.89 Å². The SMILES string of the molecule is O=C1N=C(N2CCCC(CO)C2)CN1c1ccc(Cl)cc1. The second-order valence-electron chi connectivity index (χ2n) is 5.51. The zero-order valence-electron chi connectivity index (χ0n) is 11.7. The molecule has 1 saturated heterocycles. The van der Waals surface area contributed by atoms with Crippen LogP contribution in [0.25, 0.3) is 0 Å². The molecule has 0 spiro atoms. The Labute approximate surface area is 128 Å². The van der Waals surface area contributed by atoms with E-state index in [-0.39, 0.29) is 18.6 Å². The van der Waals surface area contributed by atoms with Crippen molar-refractivity contribution in [3.05, 3.63) is 29.3 Å². The van der Waals surface area contributed by atoms with Crippen LogP contribution in [0.3, 0.4) is 0 Å². The summed E-state index contributed by atoms with van der Waals surface area (Å²) in [5.74, 6) is 1.08. The first-order chi connectivity index (χ1) is 10.2. The van der Waals surface area contributed by atoms with Crippen molar-refractivity contribution in [1.82, 2.24) is 4.90 Å². The highest BCUT2D eigenvalue weighted by atomic mass is 35.5. The van der Waals surface area contributed by atoms with Crippen molar-refractivity contribution >= 4 is 29.2 Å². The van der Waals surface area contributed by atoms with Crippen molar-refractivity contribution in [3.63, 3.8) is 0 Å². The minimum Gasteiger partial charge on any atom is -0.396 e. The van der Waals surface area contributed by atoms with Crippen LogP contribution in [-0.4, -0.2) is 48.1 Å². The number of piperidine rings is 1. The van der Waals surface area contributed by atoms with Gasteiger partial charge >= 0.3 is 6.03 Å². The largest absolute Gasteiger partial charge is 0.396 e. The summed E-state index contributed by atoms with van der Waals surface area (Å²) in [4.78, 5) is 20.0. The van der Waals surface area contributed by atoms with Crippen LogP contribution in [0.2, 0.25) is 5.02 Å². The molecule has 2 amide bonds. The third-order valence-electron chi connectivity index (χ3n) is 4.04. The van der Waals surface area contributed by atoms with Gasteiger partial charge in [0.1, 0.15) is 5.84 Å². The average molecular weight is 308 g/mol. The molecular formula is C15H18ClN3O2. The van der Waals surface area contributed by atoms with Crippen LogP contribution in [0.4, 0.5) is 10.5 Å². The van der Waals surface area contributed by atoms with Crippen molar-refractivity contribution in [1.29, 1.82) is 0 Å². The molecule has 1 fully saturated rings. The van der Waals surface area contributed by atoms with Crippen LogP contribution >= 0.6 is 11.6 Å². The Morgan fingerprint density at radius 3 is 2.81 bits per heavy atom. The monoisotopic (exact) mass is 307 g/mol. The van der Waals surface area contributed by atoms with Gasteiger partial charge in [0, 0.05) is 30.4 Å². The average Bonchev–Trinajstić information content (AvgIpc) is 2.90. The van der Waals surface area contributed by atoms with Crippen LogP contribution in [0.5, 0.6) is 0 Å². The molecule has 1 N–H and O–H groups in total. The van der Waals surface area contributed by atoms with Gasteiger partial charge in [-0.05, 0) is 43.0 Å². The lowest BCUT2D eigenvalue weighted by atomic mass is 9.99. The normalized spacial score (nSPS) is 22.7. The van der Waals surface area contributed by atoms with Crippen LogP contribution in [0.15, 0.2) is 29.3 Å². The first-order valence-electron chi connectivity index (χ1n) is 7.18. The molecule has 0 aromatic heterocycles. The molecule has 2 aliphatic heterocycles. The van der Waals surface area contributed by atoms with Gasteiger partial charge in [0.25, 0.3) is 0 Å². The van der Waals surface area contributed by atoms with Gasteiger partial charge in [-0.15, -0.1) is 0 Å². The van der Waals surface area contributed by atoms with Crippen molar-refractivity contribution in [3.8, 4) is 0 Å². The second-order valence-corrected chi connectivity index (χ2v) is 5.95. The second kappa shape index (κ2) is 6.03. The number of aliphatic hydroxyl groups is 1. The van der Waals surface area contributed by atoms with E-state index in [0.717, 1.165) is 37.5 Å². The third kappa shape index (κ3) is 3.04. The van der Waals surface area contributed by atoms with Crippen LogP contribution in [0.1, 0.15) is 12.8 Å². The molecule has 2 aliphatic rings. The standard InChI is InChI=1S/C15H18ClN3O2/c16-12-3-5-13(6-4-12)19-9-14(17-15(19)21)18-7-1-2-11(8-18)10-20/h3-6,11,20H,1-2,7-10H2. The quantitative estimate of drug-likeness (QED) is 0.912. The molecule has 1 atom stereocenters. The van der Waals surface area contributed by atoms with E-state index in [1.807, 2.05) is 12.1 Å². The van der Waals surface area contributed by atoms with Gasteiger partial charge in [-0.25, -0.2) is 4.79 Å². The number of amidine groups is 1. The number of benzene rings is 1. The number of carbonyl (C=O) groups excluding carboxylic acids is 1. The summed E-state index contributed by atoms with van der Waals surface area (Å²) in [6.07, 6.45) is 2.06. The molecule has 21 heavy (non-hydrogen) atoms. The molecule has 112 valence electrons. The van der Waals surface area contributed by atoms with E-state index in [4.69, 9.17) is 11.6 Å². The lowest BCUT2D eigenvalue weighted by Gasteiger charge is -2.33. The number of urea groups is 1. The van der Waals surface area contributed by atoms with E-state index in [0.29, 0.717) is 11.6 Å². The number of amides is 2. The third-order valence-corrected chi connectivity index (χ3v) is 4.29. The Morgan fingerprint density at radius 2 is 2.10 bits per heavy atom. The van der Waals surface area contributed by atoms with Gasteiger partial charge in [-0.1, -0.05) is 11.6 Å². The lowest BCUT2D eigenvalue weighted by molar-refractivity contribution is 0.160. The fourth-order valence-corrected chi connectivity index (χ4v) is 2.98. The number of carbonyl (C=O) groups is 1. The molecule has 6 heteroatoms. The Balaban J connectivity index is 1.71. The zero-order chi connectivity index (χ0) is 14.8. The van der Waals surface area contributed by atoms with E-state index in [9.17, 15) is 9.90 Å². The smallest absolute Gasteiger partial charge is 0.350 e. The van der Waals surface area contributed by atoms with Crippen LogP contribution < -0.4 is 4.90 Å². The Kier molecular flexibility index (Phi) is 4.12. The Morgan fingerprint density at radius 1 is 1.33 bits per heavy atom. The molecule has 0 saturated carbocycles. The Hall–Kier alpha value is -1.59. The molecule has 1 aromatic carbocycles. The van der Waals surface area contributed by atoms with Gasteiger partial charge < -0.3 is 10.0 Å². The topological polar surface area (TPSA) is 56.1 Å². The molecule has 2 heterocycles. The Bertz CT molecular complexity index is 559. The van der Waals surface area contributed by atoms with Crippen molar-refractivity contribution in [2.24, 2.45) is 10.9 Å². The molecular weight excluding hydrogens is 290 g/mol. The summed E-state index contributed by atoms with van der Waals surface area (Å²) in [6.45, 7) is 2.35. The summed E-state index contributed by atoms with van der Waals surface area (Å²) in [7, 11) is 0. The maximum atomic E-state index is 12.1. The number of aliphatic imine (C=N–C) groups is 1. The van der Waals surface area contributed by atoms with Gasteiger partial charge in [0.2, 0.25) is 0 Å². The van der Waals surface area contributed by atoms with Gasteiger partial charge in [0.05, 0.1) is 6.54 Å². The summed E-state index contributed by atoms with van der Waals surface area (Å²) in [5, 5.41) is 9.95. The van der Waals surface area contributed by atoms with Gasteiger partial charge in [0.15, 0.2) is 0 Å². The van der Waals surface area contributed by atoms with E-state index < -0.39 is 0 Å². The zero-order valence-corrected chi connectivity index (χ0v) is 12.5. The predicted octanol–water partition coefficient (Wildman–Crippen LogP) is 2.38. The molecule has 5 nitrogen and oxygen atoms in total. The highest BCUT2D eigenvalue weighted by Gasteiger charge is 2.30. The summed E-state index contributed by atoms with van der Waals surface area (Å²) in [5.41, 5.74) is 0.805. The number of hydrogen-bond donors (Lipinski definition) is 1. The minimum absolute atomic E-state index is 0.193. The van der Waals surface area contributed by atoms with Crippen LogP contribution in [-0.2, 0) is 0 Å². The first kappa shape index (κ1) is 14.4. The number of anilines is 1. The predicted molar refractivity (Wildman–Crippen MR) is 83.0 cm³/mol. The van der Waals surface area contributed by atoms with E-state index in [1.54, 1.807) is 17.0 Å². The first-order valence-corrected chi connectivity index (χ1v) is 7.55.